The van der Waals surface area contributed by atoms with Gasteiger partial charge < -0.3 is 0 Å². The molecule has 0 amide bonds. The van der Waals surface area contributed by atoms with Crippen LogP contribution in [0.25, 0.3) is 77.4 Å². The molecule has 0 aliphatic carbocycles. The summed E-state index contributed by atoms with van der Waals surface area (Å²) in [7, 11) is 0. The average Bonchev–Trinajstić information content (AvgIpc) is 3.12. The lowest BCUT2D eigenvalue weighted by molar-refractivity contribution is 1.23. The van der Waals surface area contributed by atoms with Gasteiger partial charge in [-0.25, -0.2) is 0 Å². The summed E-state index contributed by atoms with van der Waals surface area (Å²) in [4.78, 5) is 9.89. The van der Waals surface area contributed by atoms with E-state index in [0.29, 0.717) is 0 Å². The molecule has 0 saturated heterocycles. The fraction of sp³-hybridized carbons (Fsp3) is 0.0455. The molecule has 0 atom stereocenters. The van der Waals surface area contributed by atoms with Gasteiger partial charge in [-0.2, -0.15) is 0 Å². The highest BCUT2D eigenvalue weighted by atomic mass is 14.8. The highest BCUT2D eigenvalue weighted by molar-refractivity contribution is 6.08. The molecular formula is C44H32N2. The van der Waals surface area contributed by atoms with Crippen LogP contribution in [0.1, 0.15) is 11.4 Å². The Kier molecular flexibility index (Phi) is 6.96. The molecular weight excluding hydrogens is 556 g/mol. The van der Waals surface area contributed by atoms with Crippen molar-refractivity contribution in [1.29, 1.82) is 0 Å². The Balaban J connectivity index is 1.38. The maximum absolute atomic E-state index is 4.99. The topological polar surface area (TPSA) is 25.8 Å². The molecule has 0 bridgehead atoms. The first-order chi connectivity index (χ1) is 22.6. The molecule has 0 spiro atoms. The smallest absolute Gasteiger partial charge is 0.0974 e. The van der Waals surface area contributed by atoms with Gasteiger partial charge in [-0.1, -0.05) is 127 Å². The second kappa shape index (κ2) is 11.6. The van der Waals surface area contributed by atoms with Gasteiger partial charge >= 0.3 is 0 Å². The molecule has 0 fully saturated rings. The zero-order valence-electron chi connectivity index (χ0n) is 25.9. The minimum atomic E-state index is 0.949. The Bertz CT molecular complexity index is 2360. The summed E-state index contributed by atoms with van der Waals surface area (Å²) in [5.74, 6) is 0. The van der Waals surface area contributed by atoms with Gasteiger partial charge in [-0.15, -0.1) is 0 Å². The fourth-order valence-electron chi connectivity index (χ4n) is 6.60. The van der Waals surface area contributed by atoms with E-state index in [1.165, 1.54) is 50.1 Å². The van der Waals surface area contributed by atoms with Crippen LogP contribution >= 0.6 is 0 Å². The van der Waals surface area contributed by atoms with Crippen molar-refractivity contribution in [3.8, 4) is 55.6 Å². The summed E-state index contributed by atoms with van der Waals surface area (Å²) < 4.78 is 0. The monoisotopic (exact) mass is 588 g/mol. The van der Waals surface area contributed by atoms with Crippen molar-refractivity contribution < 1.29 is 0 Å². The summed E-state index contributed by atoms with van der Waals surface area (Å²) in [6.07, 6.45) is 0. The summed E-state index contributed by atoms with van der Waals surface area (Å²) >= 11 is 0. The second-order valence-electron chi connectivity index (χ2n) is 11.9. The molecule has 0 unspecified atom stereocenters. The third-order valence-electron chi connectivity index (χ3n) is 8.80. The van der Waals surface area contributed by atoms with Crippen molar-refractivity contribution in [1.82, 2.24) is 9.97 Å². The van der Waals surface area contributed by atoms with Crippen LogP contribution in [0.2, 0.25) is 0 Å². The number of hydrogen-bond donors (Lipinski definition) is 0. The van der Waals surface area contributed by atoms with E-state index in [1.54, 1.807) is 0 Å². The Morgan fingerprint density at radius 2 is 0.783 bits per heavy atom. The lowest BCUT2D eigenvalue weighted by Crippen LogP contribution is -1.94. The Hall–Kier alpha value is -5.86. The van der Waals surface area contributed by atoms with E-state index in [4.69, 9.17) is 9.97 Å². The van der Waals surface area contributed by atoms with Crippen molar-refractivity contribution in [2.75, 3.05) is 0 Å². The molecule has 0 saturated carbocycles. The Morgan fingerprint density at radius 3 is 1.35 bits per heavy atom. The highest BCUT2D eigenvalue weighted by Crippen LogP contribution is 2.43. The van der Waals surface area contributed by atoms with Gasteiger partial charge in [0.25, 0.3) is 0 Å². The predicted molar refractivity (Wildman–Crippen MR) is 194 cm³/mol. The molecule has 0 radical (unpaired) electrons. The van der Waals surface area contributed by atoms with E-state index in [-0.39, 0.29) is 0 Å². The molecule has 0 N–H and O–H groups in total. The largest absolute Gasteiger partial charge is 0.251 e. The number of nitrogens with zero attached hydrogens (tertiary/aromatic N) is 2. The number of rotatable bonds is 5. The first-order valence-electron chi connectivity index (χ1n) is 15.8. The van der Waals surface area contributed by atoms with Crippen molar-refractivity contribution in [2.45, 2.75) is 13.8 Å². The van der Waals surface area contributed by atoms with Crippen LogP contribution in [0.15, 0.2) is 158 Å². The van der Waals surface area contributed by atoms with Gasteiger partial charge in [0, 0.05) is 22.2 Å². The molecule has 0 aliphatic rings. The molecule has 2 nitrogen and oxygen atoms in total. The van der Waals surface area contributed by atoms with E-state index in [2.05, 4.69) is 165 Å². The Labute approximate surface area is 269 Å². The molecule has 6 aromatic carbocycles. The van der Waals surface area contributed by atoms with Gasteiger partial charge in [-0.3, -0.25) is 9.97 Å². The van der Waals surface area contributed by atoms with Gasteiger partial charge in [0.2, 0.25) is 0 Å². The van der Waals surface area contributed by atoms with Crippen molar-refractivity contribution >= 4 is 21.8 Å². The van der Waals surface area contributed by atoms with Crippen LogP contribution in [0.5, 0.6) is 0 Å². The van der Waals surface area contributed by atoms with Crippen LogP contribution in [-0.4, -0.2) is 9.97 Å². The second-order valence-corrected chi connectivity index (χ2v) is 11.9. The highest BCUT2D eigenvalue weighted by Gasteiger charge is 2.17. The summed E-state index contributed by atoms with van der Waals surface area (Å²) in [5, 5.41) is 2.22. The van der Waals surface area contributed by atoms with Crippen LogP contribution < -0.4 is 0 Å². The molecule has 2 heterocycles. The van der Waals surface area contributed by atoms with Crippen molar-refractivity contribution in [3.05, 3.63) is 169 Å². The average molecular weight is 589 g/mol. The van der Waals surface area contributed by atoms with Crippen LogP contribution in [0.3, 0.4) is 0 Å². The Morgan fingerprint density at radius 1 is 0.326 bits per heavy atom. The third-order valence-corrected chi connectivity index (χ3v) is 8.80. The minimum Gasteiger partial charge on any atom is -0.251 e. The number of hydrogen-bond acceptors (Lipinski definition) is 2. The molecule has 2 aromatic heterocycles. The molecule has 218 valence electrons. The SMILES string of the molecule is Cc1ccc2ccc3c(-c4cccc(-c5cc(-c6ccccc6)c(-c6ccccc6)cc5-c5ccccc5)c4)cc(C)nc3c2n1. The van der Waals surface area contributed by atoms with Crippen LogP contribution in [0.4, 0.5) is 0 Å². The first-order valence-corrected chi connectivity index (χ1v) is 15.8. The standard InChI is InChI=1S/C44H32N2/c1-29-21-22-34-23-24-37-38(25-30(2)46-44(37)43(34)45-29)35-19-12-20-36(26-35)42-28-40(32-15-8-4-9-16-32)39(31-13-6-3-7-14-31)27-41(42)33-17-10-5-11-18-33/h3-28H,1-2H3. The van der Waals surface area contributed by atoms with E-state index in [0.717, 1.165) is 38.8 Å². The summed E-state index contributed by atoms with van der Waals surface area (Å²) in [5.41, 5.74) is 15.8. The number of benzene rings is 6. The molecule has 2 heteroatoms. The van der Waals surface area contributed by atoms with Crippen molar-refractivity contribution in [2.24, 2.45) is 0 Å². The third kappa shape index (κ3) is 5.04. The van der Waals surface area contributed by atoms with Gasteiger partial charge in [0.05, 0.1) is 11.0 Å². The zero-order chi connectivity index (χ0) is 31.0. The lowest BCUT2D eigenvalue weighted by Gasteiger charge is -2.19. The number of aryl methyl sites for hydroxylation is 2. The van der Waals surface area contributed by atoms with Crippen LogP contribution in [-0.2, 0) is 0 Å². The van der Waals surface area contributed by atoms with Gasteiger partial charge in [0.15, 0.2) is 0 Å². The number of aromatic nitrogens is 2. The van der Waals surface area contributed by atoms with Gasteiger partial charge in [0.1, 0.15) is 0 Å². The summed E-state index contributed by atoms with van der Waals surface area (Å²) in [6, 6.07) is 56.6. The quantitative estimate of drug-likeness (QED) is 0.187. The van der Waals surface area contributed by atoms with E-state index >= 15 is 0 Å². The number of fused-ring (bicyclic) bond motifs is 3. The van der Waals surface area contributed by atoms with E-state index < -0.39 is 0 Å². The maximum atomic E-state index is 4.99. The molecule has 8 rings (SSSR count). The lowest BCUT2D eigenvalue weighted by atomic mass is 9.85. The normalized spacial score (nSPS) is 11.3. The first kappa shape index (κ1) is 27.7. The maximum Gasteiger partial charge on any atom is 0.0974 e. The predicted octanol–water partition coefficient (Wildman–Crippen LogP) is 11.7. The van der Waals surface area contributed by atoms with E-state index in [9.17, 15) is 0 Å². The molecule has 0 aliphatic heterocycles. The minimum absolute atomic E-state index is 0.949. The molecule has 46 heavy (non-hydrogen) atoms. The van der Waals surface area contributed by atoms with Crippen molar-refractivity contribution in [3.63, 3.8) is 0 Å². The molecule has 8 aromatic rings. The summed E-state index contributed by atoms with van der Waals surface area (Å²) in [6.45, 7) is 4.11. The van der Waals surface area contributed by atoms with Gasteiger partial charge in [-0.05, 0) is 99.8 Å². The zero-order valence-corrected chi connectivity index (χ0v) is 25.9. The van der Waals surface area contributed by atoms with E-state index in [1.807, 2.05) is 6.92 Å². The van der Waals surface area contributed by atoms with Crippen LogP contribution in [0, 0.1) is 13.8 Å². The fourth-order valence-corrected chi connectivity index (χ4v) is 6.60. The number of pyridine rings is 2.